The third kappa shape index (κ3) is 5.04. The third-order valence-corrected chi connectivity index (χ3v) is 4.83. The zero-order valence-electron chi connectivity index (χ0n) is 17.5. The second-order valence-corrected chi connectivity index (χ2v) is 7.75. The molecule has 0 saturated carbocycles. The van der Waals surface area contributed by atoms with Crippen molar-refractivity contribution in [1.82, 2.24) is 9.88 Å². The van der Waals surface area contributed by atoms with Gasteiger partial charge in [-0.05, 0) is 42.3 Å². The second-order valence-electron chi connectivity index (χ2n) is 7.75. The van der Waals surface area contributed by atoms with Crippen molar-refractivity contribution >= 4 is 16.7 Å². The molecule has 0 atom stereocenters. The van der Waals surface area contributed by atoms with Gasteiger partial charge in [0, 0.05) is 30.1 Å². The number of carbonyl (C=O) groups is 1. The third-order valence-electron chi connectivity index (χ3n) is 4.83. The van der Waals surface area contributed by atoms with Gasteiger partial charge in [0.05, 0.1) is 6.54 Å². The highest BCUT2D eigenvalue weighted by molar-refractivity contribution is 5.94. The molecule has 1 N–H and O–H groups in total. The average Bonchev–Trinajstić information content (AvgIpc) is 3.15. The number of benzene rings is 2. The SMILES string of the molecule is CC(C)NC(=O)c1ccc(COc2coc(Cn3cc4ccccc4c3)cc2=O)cc1. The molecule has 0 spiro atoms. The van der Waals surface area contributed by atoms with E-state index in [2.05, 4.69) is 5.32 Å². The number of nitrogens with one attached hydrogen (secondary N) is 1. The molecule has 2 aromatic carbocycles. The molecule has 0 radical (unpaired) electrons. The summed E-state index contributed by atoms with van der Waals surface area (Å²) >= 11 is 0. The standard InChI is InChI=1S/C25H24N2O4/c1-17(2)26-25(29)19-9-7-18(8-10-19)15-31-24-16-30-22(11-23(24)28)14-27-12-20-5-3-4-6-21(20)13-27/h3-13,16-17H,14-15H2,1-2H3,(H,26,29). The lowest BCUT2D eigenvalue weighted by Crippen LogP contribution is -2.29. The van der Waals surface area contributed by atoms with Gasteiger partial charge in [0.2, 0.25) is 11.2 Å². The first-order valence-corrected chi connectivity index (χ1v) is 10.2. The Balaban J connectivity index is 1.38. The molecule has 6 nitrogen and oxygen atoms in total. The van der Waals surface area contributed by atoms with Gasteiger partial charge in [0.15, 0.2) is 0 Å². The smallest absolute Gasteiger partial charge is 0.251 e. The lowest BCUT2D eigenvalue weighted by atomic mass is 10.1. The number of rotatable bonds is 7. The molecule has 2 aromatic heterocycles. The fraction of sp³-hybridized carbons (Fsp3) is 0.200. The summed E-state index contributed by atoms with van der Waals surface area (Å²) in [7, 11) is 0. The van der Waals surface area contributed by atoms with E-state index in [9.17, 15) is 9.59 Å². The van der Waals surface area contributed by atoms with Crippen molar-refractivity contribution in [2.45, 2.75) is 33.0 Å². The van der Waals surface area contributed by atoms with Crippen molar-refractivity contribution < 1.29 is 13.9 Å². The number of hydrogen-bond donors (Lipinski definition) is 1. The summed E-state index contributed by atoms with van der Waals surface area (Å²) in [4.78, 5) is 24.4. The number of hydrogen-bond acceptors (Lipinski definition) is 4. The van der Waals surface area contributed by atoms with Crippen LogP contribution in [0.25, 0.3) is 10.8 Å². The molecule has 1 amide bonds. The Morgan fingerprint density at radius 2 is 1.74 bits per heavy atom. The quantitative estimate of drug-likeness (QED) is 0.486. The topological polar surface area (TPSA) is 73.5 Å². The Bertz CT molecular complexity index is 1220. The van der Waals surface area contributed by atoms with Crippen molar-refractivity contribution in [3.8, 4) is 5.75 Å². The Morgan fingerprint density at radius 3 is 2.35 bits per heavy atom. The van der Waals surface area contributed by atoms with Gasteiger partial charge in [-0.25, -0.2) is 0 Å². The lowest BCUT2D eigenvalue weighted by Gasteiger charge is -2.09. The fourth-order valence-corrected chi connectivity index (χ4v) is 3.30. The number of nitrogens with zero attached hydrogens (tertiary/aromatic N) is 1. The number of aromatic nitrogens is 1. The molecule has 0 aliphatic rings. The maximum absolute atomic E-state index is 12.4. The number of ether oxygens (including phenoxy) is 1. The van der Waals surface area contributed by atoms with Gasteiger partial charge in [-0.15, -0.1) is 0 Å². The van der Waals surface area contributed by atoms with E-state index >= 15 is 0 Å². The summed E-state index contributed by atoms with van der Waals surface area (Å²) in [5.41, 5.74) is 1.20. The zero-order chi connectivity index (χ0) is 21.8. The minimum Gasteiger partial charge on any atom is -0.482 e. The highest BCUT2D eigenvalue weighted by atomic mass is 16.5. The fourth-order valence-electron chi connectivity index (χ4n) is 3.30. The first-order valence-electron chi connectivity index (χ1n) is 10.2. The molecule has 0 bridgehead atoms. The molecule has 2 heterocycles. The monoisotopic (exact) mass is 416 g/mol. The van der Waals surface area contributed by atoms with E-state index in [1.54, 1.807) is 12.1 Å². The van der Waals surface area contributed by atoms with Gasteiger partial charge in [0.25, 0.3) is 5.91 Å². The second kappa shape index (κ2) is 8.92. The van der Waals surface area contributed by atoms with Crippen LogP contribution >= 0.6 is 0 Å². The predicted molar refractivity (Wildman–Crippen MR) is 119 cm³/mol. The molecule has 4 aromatic rings. The number of carbonyl (C=O) groups excluding carboxylic acids is 1. The summed E-state index contributed by atoms with van der Waals surface area (Å²) in [6, 6.07) is 16.7. The highest BCUT2D eigenvalue weighted by Gasteiger charge is 2.09. The van der Waals surface area contributed by atoms with Crippen LogP contribution in [0.4, 0.5) is 0 Å². The average molecular weight is 416 g/mol. The minimum absolute atomic E-state index is 0.0780. The van der Waals surface area contributed by atoms with Crippen molar-refractivity contribution in [3.63, 3.8) is 0 Å². The Morgan fingerprint density at radius 1 is 1.06 bits per heavy atom. The summed E-state index contributed by atoms with van der Waals surface area (Å²) in [6.45, 7) is 4.50. The van der Waals surface area contributed by atoms with Crippen LogP contribution < -0.4 is 15.5 Å². The van der Waals surface area contributed by atoms with Gasteiger partial charge in [0.1, 0.15) is 18.6 Å². The van der Waals surface area contributed by atoms with Crippen LogP contribution in [-0.2, 0) is 13.2 Å². The molecule has 6 heteroatoms. The molecule has 4 rings (SSSR count). The van der Waals surface area contributed by atoms with Crippen LogP contribution in [0.3, 0.4) is 0 Å². The van der Waals surface area contributed by atoms with Gasteiger partial charge in [-0.2, -0.15) is 0 Å². The summed E-state index contributed by atoms with van der Waals surface area (Å²) in [5, 5.41) is 5.12. The van der Waals surface area contributed by atoms with Crippen LogP contribution in [0.15, 0.2) is 82.5 Å². The first kappa shape index (κ1) is 20.5. The summed E-state index contributed by atoms with van der Waals surface area (Å²) < 4.78 is 13.2. The van der Waals surface area contributed by atoms with Crippen molar-refractivity contribution in [1.29, 1.82) is 0 Å². The van der Waals surface area contributed by atoms with E-state index in [4.69, 9.17) is 9.15 Å². The number of amides is 1. The molecular formula is C25H24N2O4. The zero-order valence-corrected chi connectivity index (χ0v) is 17.5. The van der Waals surface area contributed by atoms with E-state index < -0.39 is 0 Å². The molecule has 31 heavy (non-hydrogen) atoms. The van der Waals surface area contributed by atoms with Crippen LogP contribution in [0, 0.1) is 0 Å². The lowest BCUT2D eigenvalue weighted by molar-refractivity contribution is 0.0943. The van der Waals surface area contributed by atoms with Crippen LogP contribution in [0.2, 0.25) is 0 Å². The Hall–Kier alpha value is -3.80. The van der Waals surface area contributed by atoms with E-state index in [-0.39, 0.29) is 29.7 Å². The van der Waals surface area contributed by atoms with E-state index in [0.717, 1.165) is 16.3 Å². The van der Waals surface area contributed by atoms with Crippen LogP contribution in [0.5, 0.6) is 5.75 Å². The summed E-state index contributed by atoms with van der Waals surface area (Å²) in [6.07, 6.45) is 5.39. The molecule has 0 unspecified atom stereocenters. The Kier molecular flexibility index (Phi) is 5.89. The molecule has 0 fully saturated rings. The molecule has 0 aliphatic heterocycles. The normalized spacial score (nSPS) is 11.1. The molecule has 0 aliphatic carbocycles. The number of fused-ring (bicyclic) bond motifs is 1. The highest BCUT2D eigenvalue weighted by Crippen LogP contribution is 2.16. The molecule has 158 valence electrons. The van der Waals surface area contributed by atoms with Gasteiger partial charge < -0.3 is 19.0 Å². The van der Waals surface area contributed by atoms with Gasteiger partial charge >= 0.3 is 0 Å². The van der Waals surface area contributed by atoms with E-state index in [0.29, 0.717) is 17.9 Å². The van der Waals surface area contributed by atoms with E-state index in [1.165, 1.54) is 12.3 Å². The van der Waals surface area contributed by atoms with Gasteiger partial charge in [-0.1, -0.05) is 36.4 Å². The van der Waals surface area contributed by atoms with Crippen molar-refractivity contribution in [2.24, 2.45) is 0 Å². The largest absolute Gasteiger partial charge is 0.482 e. The summed E-state index contributed by atoms with van der Waals surface area (Å²) in [5.74, 6) is 0.593. The molecular weight excluding hydrogens is 392 g/mol. The van der Waals surface area contributed by atoms with Crippen LogP contribution in [0.1, 0.15) is 35.5 Å². The minimum atomic E-state index is -0.231. The predicted octanol–water partition coefficient (Wildman–Crippen LogP) is 4.36. The van der Waals surface area contributed by atoms with Crippen molar-refractivity contribution in [3.05, 3.63) is 100 Å². The Labute approximate surface area is 180 Å². The van der Waals surface area contributed by atoms with Crippen molar-refractivity contribution in [2.75, 3.05) is 0 Å². The van der Waals surface area contributed by atoms with Crippen LogP contribution in [-0.4, -0.2) is 16.5 Å². The maximum atomic E-state index is 12.4. The molecule has 0 saturated heterocycles. The van der Waals surface area contributed by atoms with Gasteiger partial charge in [-0.3, -0.25) is 9.59 Å². The maximum Gasteiger partial charge on any atom is 0.251 e. The first-order chi connectivity index (χ1) is 15.0. The van der Waals surface area contributed by atoms with E-state index in [1.807, 2.05) is 67.2 Å².